The minimum absolute atomic E-state index is 0.108. The van der Waals surface area contributed by atoms with Crippen molar-refractivity contribution < 1.29 is 19.1 Å². The molecule has 1 aliphatic carbocycles. The molecule has 0 radical (unpaired) electrons. The number of carbonyl (C=O) groups excluding carboxylic acids is 2. The molecule has 0 spiro atoms. The first-order valence-corrected chi connectivity index (χ1v) is 10.9. The second kappa shape index (κ2) is 12.5. The van der Waals surface area contributed by atoms with Crippen molar-refractivity contribution in [2.75, 3.05) is 6.61 Å². The molecule has 0 bridgehead atoms. The summed E-state index contributed by atoms with van der Waals surface area (Å²) in [4.78, 5) is 25.1. The summed E-state index contributed by atoms with van der Waals surface area (Å²) in [7, 11) is 0. The SMILES string of the molecule is N#CCC(COCc1ccccc1)NC(=O)C(CC1CC1)OC(=O)NCc1ccccc1. The Bertz CT molecular complexity index is 894. The molecule has 2 unspecified atom stereocenters. The molecule has 1 aliphatic rings. The van der Waals surface area contributed by atoms with Gasteiger partial charge in [-0.05, 0) is 23.5 Å². The van der Waals surface area contributed by atoms with Gasteiger partial charge in [-0.3, -0.25) is 4.79 Å². The number of amides is 2. The zero-order chi connectivity index (χ0) is 22.6. The van der Waals surface area contributed by atoms with Gasteiger partial charge in [0.2, 0.25) is 0 Å². The molecular formula is C25H29N3O4. The predicted octanol–water partition coefficient (Wildman–Crippen LogP) is 3.70. The third kappa shape index (κ3) is 8.40. The van der Waals surface area contributed by atoms with E-state index in [4.69, 9.17) is 14.7 Å². The van der Waals surface area contributed by atoms with Crippen LogP contribution in [-0.4, -0.2) is 30.8 Å². The second-order valence-electron chi connectivity index (χ2n) is 7.98. The number of carbonyl (C=O) groups is 2. The topological polar surface area (TPSA) is 100 Å². The molecule has 0 aromatic heterocycles. The zero-order valence-electron chi connectivity index (χ0n) is 18.0. The monoisotopic (exact) mass is 435 g/mol. The lowest BCUT2D eigenvalue weighted by Crippen LogP contribution is -2.46. The molecular weight excluding hydrogens is 406 g/mol. The van der Waals surface area contributed by atoms with Crippen LogP contribution in [0.15, 0.2) is 60.7 Å². The van der Waals surface area contributed by atoms with E-state index in [0.717, 1.165) is 24.0 Å². The predicted molar refractivity (Wildman–Crippen MR) is 119 cm³/mol. The fourth-order valence-electron chi connectivity index (χ4n) is 3.26. The summed E-state index contributed by atoms with van der Waals surface area (Å²) in [6, 6.07) is 20.8. The number of hydrogen-bond acceptors (Lipinski definition) is 5. The molecule has 1 saturated carbocycles. The van der Waals surface area contributed by atoms with E-state index in [-0.39, 0.29) is 13.0 Å². The van der Waals surface area contributed by atoms with E-state index >= 15 is 0 Å². The van der Waals surface area contributed by atoms with Crippen LogP contribution in [0.3, 0.4) is 0 Å². The highest BCUT2D eigenvalue weighted by Crippen LogP contribution is 2.34. The van der Waals surface area contributed by atoms with Gasteiger partial charge in [-0.15, -0.1) is 0 Å². The quantitative estimate of drug-likeness (QED) is 0.529. The van der Waals surface area contributed by atoms with Gasteiger partial charge in [-0.25, -0.2) is 4.79 Å². The van der Waals surface area contributed by atoms with E-state index in [1.165, 1.54) is 0 Å². The third-order valence-corrected chi connectivity index (χ3v) is 5.18. The van der Waals surface area contributed by atoms with E-state index in [1.807, 2.05) is 60.7 Å². The standard InChI is InChI=1S/C25H29N3O4/c26-14-13-22(18-31-17-21-9-5-2-6-10-21)28-24(29)23(15-19-11-12-19)32-25(30)27-16-20-7-3-1-4-8-20/h1-10,19,22-23H,11-13,15-18H2,(H,27,30)(H,28,29). The van der Waals surface area contributed by atoms with E-state index in [1.54, 1.807) is 0 Å². The largest absolute Gasteiger partial charge is 0.436 e. The summed E-state index contributed by atoms with van der Waals surface area (Å²) >= 11 is 0. The Kier molecular flexibility index (Phi) is 9.08. The smallest absolute Gasteiger partial charge is 0.408 e. The van der Waals surface area contributed by atoms with Crippen molar-refractivity contribution >= 4 is 12.0 Å². The highest BCUT2D eigenvalue weighted by atomic mass is 16.6. The summed E-state index contributed by atoms with van der Waals surface area (Å²) in [5.74, 6) is -0.00765. The maximum absolute atomic E-state index is 12.9. The van der Waals surface area contributed by atoms with Gasteiger partial charge in [-0.1, -0.05) is 73.5 Å². The molecule has 2 aromatic carbocycles. The van der Waals surface area contributed by atoms with Crippen molar-refractivity contribution in [3.8, 4) is 6.07 Å². The highest BCUT2D eigenvalue weighted by molar-refractivity contribution is 5.83. The van der Waals surface area contributed by atoms with Gasteiger partial charge >= 0.3 is 6.09 Å². The molecule has 0 saturated heterocycles. The number of hydrogen-bond donors (Lipinski definition) is 2. The van der Waals surface area contributed by atoms with Gasteiger partial charge in [0.05, 0.1) is 31.7 Å². The number of nitriles is 1. The van der Waals surface area contributed by atoms with Crippen LogP contribution in [-0.2, 0) is 27.4 Å². The van der Waals surface area contributed by atoms with E-state index < -0.39 is 24.1 Å². The first-order valence-electron chi connectivity index (χ1n) is 10.9. The van der Waals surface area contributed by atoms with Gasteiger partial charge in [0.1, 0.15) is 0 Å². The van der Waals surface area contributed by atoms with E-state index in [2.05, 4.69) is 16.7 Å². The van der Waals surface area contributed by atoms with Crippen molar-refractivity contribution in [1.82, 2.24) is 10.6 Å². The first-order chi connectivity index (χ1) is 15.6. The van der Waals surface area contributed by atoms with E-state index in [9.17, 15) is 9.59 Å². The van der Waals surface area contributed by atoms with E-state index in [0.29, 0.717) is 25.5 Å². The maximum atomic E-state index is 12.9. The Morgan fingerprint density at radius 1 is 1.03 bits per heavy atom. The molecule has 1 fully saturated rings. The summed E-state index contributed by atoms with van der Waals surface area (Å²) in [5.41, 5.74) is 1.96. The Morgan fingerprint density at radius 3 is 2.31 bits per heavy atom. The van der Waals surface area contributed by atoms with Crippen molar-refractivity contribution in [3.63, 3.8) is 0 Å². The third-order valence-electron chi connectivity index (χ3n) is 5.18. The normalized spacial score (nSPS) is 14.6. The molecule has 2 amide bonds. The Balaban J connectivity index is 1.49. The number of alkyl carbamates (subject to hydrolysis) is 1. The lowest BCUT2D eigenvalue weighted by molar-refractivity contribution is -0.131. The Hall–Kier alpha value is -3.37. The minimum Gasteiger partial charge on any atom is -0.436 e. The van der Waals surface area contributed by atoms with Gasteiger partial charge in [-0.2, -0.15) is 5.26 Å². The zero-order valence-corrected chi connectivity index (χ0v) is 18.0. The lowest BCUT2D eigenvalue weighted by atomic mass is 10.1. The van der Waals surface area contributed by atoms with Crippen LogP contribution in [0.4, 0.5) is 4.79 Å². The number of benzene rings is 2. The van der Waals surface area contributed by atoms with Crippen LogP contribution in [0.25, 0.3) is 0 Å². The lowest BCUT2D eigenvalue weighted by Gasteiger charge is -2.22. The van der Waals surface area contributed by atoms with Crippen molar-refractivity contribution in [3.05, 3.63) is 71.8 Å². The molecule has 2 atom stereocenters. The maximum Gasteiger partial charge on any atom is 0.408 e. The fraction of sp³-hybridized carbons (Fsp3) is 0.400. The van der Waals surface area contributed by atoms with Crippen molar-refractivity contribution in [2.45, 2.75) is 51.0 Å². The van der Waals surface area contributed by atoms with Crippen molar-refractivity contribution in [2.24, 2.45) is 5.92 Å². The van der Waals surface area contributed by atoms with Crippen LogP contribution in [0.2, 0.25) is 0 Å². The second-order valence-corrected chi connectivity index (χ2v) is 7.98. The molecule has 2 aromatic rings. The highest BCUT2D eigenvalue weighted by Gasteiger charge is 2.32. The van der Waals surface area contributed by atoms with Crippen LogP contribution in [0, 0.1) is 17.2 Å². The molecule has 3 rings (SSSR count). The number of ether oxygens (including phenoxy) is 2. The molecule has 168 valence electrons. The van der Waals surface area contributed by atoms with Gasteiger partial charge in [0.15, 0.2) is 6.10 Å². The number of nitrogens with zero attached hydrogens (tertiary/aromatic N) is 1. The molecule has 7 heteroatoms. The van der Waals surface area contributed by atoms with Gasteiger partial charge in [0, 0.05) is 6.54 Å². The Labute approximate surface area is 188 Å². The molecule has 2 N–H and O–H groups in total. The molecule has 7 nitrogen and oxygen atoms in total. The van der Waals surface area contributed by atoms with Gasteiger partial charge in [0.25, 0.3) is 5.91 Å². The summed E-state index contributed by atoms with van der Waals surface area (Å²) < 4.78 is 11.1. The molecule has 0 heterocycles. The minimum atomic E-state index is -0.895. The summed E-state index contributed by atoms with van der Waals surface area (Å²) in [6.45, 7) is 0.912. The van der Waals surface area contributed by atoms with Crippen LogP contribution in [0.5, 0.6) is 0 Å². The van der Waals surface area contributed by atoms with Crippen LogP contribution < -0.4 is 10.6 Å². The number of rotatable bonds is 12. The average Bonchev–Trinajstić information content (AvgIpc) is 3.63. The molecule has 32 heavy (non-hydrogen) atoms. The summed E-state index contributed by atoms with van der Waals surface area (Å²) in [5, 5.41) is 14.6. The van der Waals surface area contributed by atoms with Crippen molar-refractivity contribution in [1.29, 1.82) is 5.26 Å². The van der Waals surface area contributed by atoms with Gasteiger partial charge < -0.3 is 20.1 Å². The van der Waals surface area contributed by atoms with Crippen LogP contribution in [0.1, 0.15) is 36.8 Å². The Morgan fingerprint density at radius 2 is 1.69 bits per heavy atom. The average molecular weight is 436 g/mol. The first kappa shape index (κ1) is 23.3. The number of nitrogens with one attached hydrogen (secondary N) is 2. The summed E-state index contributed by atoms with van der Waals surface area (Å²) in [6.07, 6.45) is 1.12. The van der Waals surface area contributed by atoms with Crippen LogP contribution >= 0.6 is 0 Å². The molecule has 0 aliphatic heterocycles. The fourth-order valence-corrected chi connectivity index (χ4v) is 3.26.